The van der Waals surface area contributed by atoms with E-state index in [9.17, 15) is 9.59 Å². The number of hydrogen-bond acceptors (Lipinski definition) is 5. The Hall–Kier alpha value is -1.88. The fraction of sp³-hybridized carbons (Fsp3) is 0.600. The van der Waals surface area contributed by atoms with Gasteiger partial charge in [0.05, 0.1) is 0 Å². The Morgan fingerprint density at radius 2 is 1.84 bits per heavy atom. The molecule has 0 aliphatic carbocycles. The second kappa shape index (κ2) is 11.6. The minimum Gasteiger partial charge on any atom is -0.462 e. The van der Waals surface area contributed by atoms with E-state index in [0.29, 0.717) is 25.4 Å². The summed E-state index contributed by atoms with van der Waals surface area (Å²) in [6.07, 6.45) is 3.89. The van der Waals surface area contributed by atoms with Crippen LogP contribution in [0.4, 0.5) is 0 Å². The van der Waals surface area contributed by atoms with E-state index in [0.717, 1.165) is 25.1 Å². The Bertz CT molecular complexity index is 490. The van der Waals surface area contributed by atoms with E-state index in [4.69, 9.17) is 4.74 Å². The lowest BCUT2D eigenvalue weighted by atomic mass is 9.93. The fourth-order valence-electron chi connectivity index (χ4n) is 2.45. The molecule has 1 aliphatic heterocycles. The lowest BCUT2D eigenvalue weighted by Gasteiger charge is -2.21. The van der Waals surface area contributed by atoms with Gasteiger partial charge in [-0.3, -0.25) is 9.59 Å². The maximum absolute atomic E-state index is 11.6. The standard InChI is InChI=1S/C15H21NO2.C5H10O2/c17-15(7-6-13-8-10-16-11-9-13)18-12-14-4-2-1-3-5-14;1-5(2,3)7-4-6/h1-5,13,16H,6-12H2;4H,1-3H3. The van der Waals surface area contributed by atoms with Crippen LogP contribution in [0.25, 0.3) is 0 Å². The number of benzene rings is 1. The van der Waals surface area contributed by atoms with Crippen molar-refractivity contribution in [2.75, 3.05) is 13.1 Å². The first-order valence-electron chi connectivity index (χ1n) is 8.92. The van der Waals surface area contributed by atoms with Crippen LogP contribution in [0.5, 0.6) is 0 Å². The predicted molar refractivity (Wildman–Crippen MR) is 98.0 cm³/mol. The van der Waals surface area contributed by atoms with Gasteiger partial charge in [-0.15, -0.1) is 0 Å². The summed E-state index contributed by atoms with van der Waals surface area (Å²) in [6.45, 7) is 8.49. The zero-order chi connectivity index (χ0) is 18.5. The van der Waals surface area contributed by atoms with E-state index in [1.54, 1.807) is 0 Å². The molecule has 0 radical (unpaired) electrons. The van der Waals surface area contributed by atoms with Crippen LogP contribution in [0, 0.1) is 5.92 Å². The summed E-state index contributed by atoms with van der Waals surface area (Å²) in [5.41, 5.74) is 0.731. The lowest BCUT2D eigenvalue weighted by molar-refractivity contribution is -0.145. The Morgan fingerprint density at radius 3 is 2.36 bits per heavy atom. The van der Waals surface area contributed by atoms with Crippen LogP contribution >= 0.6 is 0 Å². The molecule has 140 valence electrons. The van der Waals surface area contributed by atoms with E-state index >= 15 is 0 Å². The van der Waals surface area contributed by atoms with Crippen molar-refractivity contribution in [2.24, 2.45) is 5.92 Å². The normalized spacial score (nSPS) is 14.8. The van der Waals surface area contributed by atoms with Crippen LogP contribution in [-0.4, -0.2) is 31.1 Å². The van der Waals surface area contributed by atoms with Gasteiger partial charge in [0.15, 0.2) is 0 Å². The maximum Gasteiger partial charge on any atom is 0.306 e. The van der Waals surface area contributed by atoms with Crippen molar-refractivity contribution in [3.8, 4) is 0 Å². The van der Waals surface area contributed by atoms with E-state index in [1.807, 2.05) is 51.1 Å². The number of rotatable bonds is 6. The molecule has 0 aromatic heterocycles. The zero-order valence-electron chi connectivity index (χ0n) is 15.6. The number of esters is 1. The molecule has 1 saturated heterocycles. The van der Waals surface area contributed by atoms with E-state index in [-0.39, 0.29) is 11.6 Å². The molecule has 5 heteroatoms. The molecule has 25 heavy (non-hydrogen) atoms. The van der Waals surface area contributed by atoms with Gasteiger partial charge < -0.3 is 14.8 Å². The maximum atomic E-state index is 11.6. The molecule has 0 amide bonds. The summed E-state index contributed by atoms with van der Waals surface area (Å²) in [5, 5.41) is 3.33. The Kier molecular flexibility index (Phi) is 9.85. The fourth-order valence-corrected chi connectivity index (χ4v) is 2.45. The molecule has 1 fully saturated rings. The molecule has 1 heterocycles. The van der Waals surface area contributed by atoms with E-state index in [2.05, 4.69) is 10.1 Å². The zero-order valence-corrected chi connectivity index (χ0v) is 15.6. The predicted octanol–water partition coefficient (Wildman–Crippen LogP) is 3.47. The molecule has 0 spiro atoms. The van der Waals surface area contributed by atoms with Crippen molar-refractivity contribution in [3.63, 3.8) is 0 Å². The molecule has 0 atom stereocenters. The Morgan fingerprint density at radius 1 is 1.20 bits per heavy atom. The first-order chi connectivity index (χ1) is 11.9. The number of carbonyl (C=O) groups is 2. The monoisotopic (exact) mass is 349 g/mol. The topological polar surface area (TPSA) is 64.6 Å². The van der Waals surface area contributed by atoms with Gasteiger partial charge in [0.2, 0.25) is 0 Å². The second-order valence-corrected chi connectivity index (χ2v) is 7.20. The number of nitrogens with one attached hydrogen (secondary N) is 1. The highest BCUT2D eigenvalue weighted by Gasteiger charge is 2.14. The van der Waals surface area contributed by atoms with Crippen molar-refractivity contribution in [3.05, 3.63) is 35.9 Å². The van der Waals surface area contributed by atoms with Crippen LogP contribution in [-0.2, 0) is 25.7 Å². The summed E-state index contributed by atoms with van der Waals surface area (Å²) in [5.74, 6) is 0.618. The third-order valence-electron chi connectivity index (χ3n) is 3.86. The highest BCUT2D eigenvalue weighted by atomic mass is 16.5. The quantitative estimate of drug-likeness (QED) is 0.629. The van der Waals surface area contributed by atoms with Gasteiger partial charge in [-0.2, -0.15) is 0 Å². The minimum atomic E-state index is -0.318. The largest absolute Gasteiger partial charge is 0.462 e. The molecule has 0 unspecified atom stereocenters. The average molecular weight is 349 g/mol. The third kappa shape index (κ3) is 11.3. The molecule has 1 aromatic rings. The first kappa shape index (κ1) is 21.2. The van der Waals surface area contributed by atoms with Crippen LogP contribution in [0.15, 0.2) is 30.3 Å². The molecule has 2 rings (SSSR count). The van der Waals surface area contributed by atoms with Gasteiger partial charge >= 0.3 is 5.97 Å². The Balaban J connectivity index is 0.000000381. The van der Waals surface area contributed by atoms with Crippen molar-refractivity contribution >= 4 is 12.4 Å². The van der Waals surface area contributed by atoms with Crippen molar-refractivity contribution in [2.45, 2.75) is 58.7 Å². The number of hydrogen-bond donors (Lipinski definition) is 1. The van der Waals surface area contributed by atoms with Crippen molar-refractivity contribution in [1.82, 2.24) is 5.32 Å². The van der Waals surface area contributed by atoms with Gasteiger partial charge in [-0.1, -0.05) is 30.3 Å². The number of ether oxygens (including phenoxy) is 2. The number of piperidine rings is 1. The second-order valence-electron chi connectivity index (χ2n) is 7.20. The summed E-state index contributed by atoms with van der Waals surface area (Å²) in [4.78, 5) is 21.2. The summed E-state index contributed by atoms with van der Waals surface area (Å²) in [7, 11) is 0. The van der Waals surface area contributed by atoms with Gasteiger partial charge in [-0.05, 0) is 64.6 Å². The summed E-state index contributed by atoms with van der Waals surface area (Å²) >= 11 is 0. The molecule has 5 nitrogen and oxygen atoms in total. The molecule has 1 aromatic carbocycles. The van der Waals surface area contributed by atoms with Crippen molar-refractivity contribution in [1.29, 1.82) is 0 Å². The highest BCUT2D eigenvalue weighted by Crippen LogP contribution is 2.18. The van der Waals surface area contributed by atoms with Gasteiger partial charge in [0, 0.05) is 6.42 Å². The smallest absolute Gasteiger partial charge is 0.306 e. The van der Waals surface area contributed by atoms with Crippen LogP contribution in [0.1, 0.15) is 52.0 Å². The van der Waals surface area contributed by atoms with E-state index in [1.165, 1.54) is 12.8 Å². The minimum absolute atomic E-state index is 0.0719. The molecule has 1 N–H and O–H groups in total. The molecule has 0 saturated carbocycles. The number of carbonyl (C=O) groups excluding carboxylic acids is 2. The highest BCUT2D eigenvalue weighted by molar-refractivity contribution is 5.69. The van der Waals surface area contributed by atoms with Crippen LogP contribution in [0.2, 0.25) is 0 Å². The van der Waals surface area contributed by atoms with Crippen LogP contribution < -0.4 is 5.32 Å². The first-order valence-corrected chi connectivity index (χ1v) is 8.92. The summed E-state index contributed by atoms with van der Waals surface area (Å²) in [6, 6.07) is 9.82. The van der Waals surface area contributed by atoms with Gasteiger partial charge in [0.25, 0.3) is 6.47 Å². The molecular formula is C20H31NO4. The molecule has 0 bridgehead atoms. The molecule has 1 aliphatic rings. The average Bonchev–Trinajstić information content (AvgIpc) is 2.59. The Labute approximate surface area is 151 Å². The lowest BCUT2D eigenvalue weighted by Crippen LogP contribution is -2.28. The van der Waals surface area contributed by atoms with Crippen molar-refractivity contribution < 1.29 is 19.1 Å². The van der Waals surface area contributed by atoms with E-state index < -0.39 is 0 Å². The van der Waals surface area contributed by atoms with Gasteiger partial charge in [0.1, 0.15) is 12.2 Å². The summed E-state index contributed by atoms with van der Waals surface area (Å²) < 4.78 is 9.81. The third-order valence-corrected chi connectivity index (χ3v) is 3.86. The SMILES string of the molecule is CC(C)(C)OC=O.O=C(CCC1CCNCC1)OCc1ccccc1. The molecular weight excluding hydrogens is 318 g/mol. The van der Waals surface area contributed by atoms with Gasteiger partial charge in [-0.25, -0.2) is 0 Å². The van der Waals surface area contributed by atoms with Crippen LogP contribution in [0.3, 0.4) is 0 Å².